The third-order valence-electron chi connectivity index (χ3n) is 4.26. The molecule has 1 heterocycles. The van der Waals surface area contributed by atoms with Gasteiger partial charge in [0, 0.05) is 10.6 Å². The average Bonchev–Trinajstić information content (AvgIpc) is 2.73. The number of benzene rings is 2. The number of hydrogen-bond acceptors (Lipinski definition) is 6. The number of esters is 2. The Morgan fingerprint density at radius 1 is 1.13 bits per heavy atom. The highest BCUT2D eigenvalue weighted by Crippen LogP contribution is 2.39. The van der Waals surface area contributed by atoms with Crippen LogP contribution in [0.5, 0.6) is 5.75 Å². The number of rotatable bonds is 7. The molecule has 0 saturated heterocycles. The van der Waals surface area contributed by atoms with Crippen molar-refractivity contribution in [3.63, 3.8) is 0 Å². The van der Waals surface area contributed by atoms with Crippen molar-refractivity contribution in [3.05, 3.63) is 69.1 Å². The van der Waals surface area contributed by atoms with Crippen LogP contribution in [0.25, 0.3) is 5.70 Å². The predicted molar refractivity (Wildman–Crippen MR) is 110 cm³/mol. The highest BCUT2D eigenvalue weighted by atomic mass is 35.5. The van der Waals surface area contributed by atoms with Gasteiger partial charge in [-0.1, -0.05) is 23.2 Å². The number of ether oxygens (including phenoxy) is 3. The Bertz CT molecular complexity index is 1100. The van der Waals surface area contributed by atoms with E-state index in [2.05, 4.69) is 0 Å². The highest BCUT2D eigenvalue weighted by Gasteiger charge is 2.42. The summed E-state index contributed by atoms with van der Waals surface area (Å²) in [6.07, 6.45) is 0. The Kier molecular flexibility index (Phi) is 6.82. The van der Waals surface area contributed by atoms with E-state index in [9.17, 15) is 18.8 Å². The van der Waals surface area contributed by atoms with Gasteiger partial charge in [-0.25, -0.2) is 9.18 Å². The van der Waals surface area contributed by atoms with Gasteiger partial charge in [0.05, 0.1) is 24.3 Å². The molecule has 2 aromatic carbocycles. The zero-order valence-corrected chi connectivity index (χ0v) is 17.9. The van der Waals surface area contributed by atoms with Crippen molar-refractivity contribution < 1.29 is 33.0 Å². The molecular weight excluding hydrogens is 452 g/mol. The molecule has 0 bridgehead atoms. The van der Waals surface area contributed by atoms with Gasteiger partial charge in [-0.05, 0) is 43.3 Å². The Balaban J connectivity index is 2.12. The Labute approximate surface area is 186 Å². The fourth-order valence-corrected chi connectivity index (χ4v) is 3.36. The number of amides is 1. The number of carbonyl (C=O) groups excluding carboxylic acids is 3. The second-order valence-corrected chi connectivity index (χ2v) is 7.08. The summed E-state index contributed by atoms with van der Waals surface area (Å²) in [5.74, 6) is -2.92. The molecule has 2 aromatic rings. The lowest BCUT2D eigenvalue weighted by Gasteiger charge is -2.35. The first kappa shape index (κ1) is 22.6. The summed E-state index contributed by atoms with van der Waals surface area (Å²) in [6, 6.07) is 7.69. The zero-order chi connectivity index (χ0) is 22.7. The lowest BCUT2D eigenvalue weighted by molar-refractivity contribution is -0.147. The minimum absolute atomic E-state index is 0.0100. The number of hydrogen-bond donors (Lipinski definition) is 0. The monoisotopic (exact) mass is 467 g/mol. The smallest absolute Gasteiger partial charge is 0.338 e. The maximum absolute atomic E-state index is 14.1. The van der Waals surface area contributed by atoms with Crippen molar-refractivity contribution in [3.8, 4) is 5.75 Å². The van der Waals surface area contributed by atoms with E-state index >= 15 is 0 Å². The molecule has 10 heteroatoms. The molecule has 1 aliphatic rings. The van der Waals surface area contributed by atoms with Crippen molar-refractivity contribution in [2.45, 2.75) is 6.92 Å². The number of carbonyl (C=O) groups is 3. The SMILES string of the molecule is CCOC(=O)CN1C(=O)C(Oc2ccc(Cl)cc2Cl)=C1c1cc(F)ccc1C(=O)OC. The predicted octanol–water partition coefficient (Wildman–Crippen LogP) is 4.07. The summed E-state index contributed by atoms with van der Waals surface area (Å²) in [5, 5.41) is 0.483. The van der Waals surface area contributed by atoms with E-state index in [4.69, 9.17) is 37.4 Å². The van der Waals surface area contributed by atoms with Crippen LogP contribution in [-0.2, 0) is 19.1 Å². The van der Waals surface area contributed by atoms with Gasteiger partial charge in [-0.3, -0.25) is 14.5 Å². The van der Waals surface area contributed by atoms with Crippen LogP contribution in [0.15, 0.2) is 42.2 Å². The first-order valence-electron chi connectivity index (χ1n) is 8.99. The number of nitrogens with zero attached hydrogens (tertiary/aromatic N) is 1. The molecule has 0 radical (unpaired) electrons. The molecule has 0 N–H and O–H groups in total. The van der Waals surface area contributed by atoms with E-state index < -0.39 is 30.2 Å². The van der Waals surface area contributed by atoms with Crippen LogP contribution in [0.4, 0.5) is 4.39 Å². The summed E-state index contributed by atoms with van der Waals surface area (Å²) < 4.78 is 29.4. The molecule has 0 fully saturated rings. The first-order chi connectivity index (χ1) is 14.8. The fraction of sp³-hybridized carbons (Fsp3) is 0.190. The molecule has 0 aromatic heterocycles. The lowest BCUT2D eigenvalue weighted by atomic mass is 9.97. The molecule has 0 saturated carbocycles. The van der Waals surface area contributed by atoms with Crippen LogP contribution >= 0.6 is 23.2 Å². The van der Waals surface area contributed by atoms with Crippen LogP contribution < -0.4 is 4.74 Å². The molecule has 0 unspecified atom stereocenters. The van der Waals surface area contributed by atoms with Crippen LogP contribution in [0.1, 0.15) is 22.8 Å². The molecule has 1 aliphatic heterocycles. The van der Waals surface area contributed by atoms with Gasteiger partial charge in [-0.2, -0.15) is 0 Å². The quantitative estimate of drug-likeness (QED) is 0.570. The Hall–Kier alpha value is -3.10. The van der Waals surface area contributed by atoms with E-state index in [-0.39, 0.29) is 40.0 Å². The molecule has 1 amide bonds. The molecule has 0 aliphatic carbocycles. The van der Waals surface area contributed by atoms with Crippen LogP contribution in [0, 0.1) is 5.82 Å². The van der Waals surface area contributed by atoms with Crippen molar-refractivity contribution >= 4 is 46.7 Å². The second kappa shape index (κ2) is 9.36. The molecule has 162 valence electrons. The van der Waals surface area contributed by atoms with E-state index in [0.717, 1.165) is 24.1 Å². The number of halogens is 3. The molecule has 7 nitrogen and oxygen atoms in total. The van der Waals surface area contributed by atoms with Gasteiger partial charge in [0.1, 0.15) is 23.8 Å². The largest absolute Gasteiger partial charge is 0.465 e. The van der Waals surface area contributed by atoms with E-state index in [1.54, 1.807) is 6.92 Å². The van der Waals surface area contributed by atoms with Crippen molar-refractivity contribution in [1.29, 1.82) is 0 Å². The maximum Gasteiger partial charge on any atom is 0.338 e. The Morgan fingerprint density at radius 3 is 2.52 bits per heavy atom. The maximum atomic E-state index is 14.1. The molecule has 0 atom stereocenters. The van der Waals surface area contributed by atoms with Crippen molar-refractivity contribution in [2.75, 3.05) is 20.3 Å². The second-order valence-electron chi connectivity index (χ2n) is 6.23. The fourth-order valence-electron chi connectivity index (χ4n) is 2.91. The van der Waals surface area contributed by atoms with Crippen molar-refractivity contribution in [1.82, 2.24) is 4.90 Å². The Morgan fingerprint density at radius 2 is 1.87 bits per heavy atom. The van der Waals surface area contributed by atoms with Gasteiger partial charge in [0.25, 0.3) is 5.91 Å². The summed E-state index contributed by atoms with van der Waals surface area (Å²) >= 11 is 12.0. The van der Waals surface area contributed by atoms with E-state index in [0.29, 0.717) is 5.02 Å². The summed E-state index contributed by atoms with van der Waals surface area (Å²) in [6.45, 7) is 1.27. The van der Waals surface area contributed by atoms with Gasteiger partial charge in [0.15, 0.2) is 0 Å². The van der Waals surface area contributed by atoms with Gasteiger partial charge in [-0.15, -0.1) is 0 Å². The van der Waals surface area contributed by atoms with E-state index in [1.165, 1.54) is 24.3 Å². The highest BCUT2D eigenvalue weighted by molar-refractivity contribution is 6.35. The van der Waals surface area contributed by atoms with Gasteiger partial charge in [0.2, 0.25) is 5.76 Å². The normalized spacial score (nSPS) is 13.1. The summed E-state index contributed by atoms with van der Waals surface area (Å²) in [5.41, 5.74) is 0.00312. The zero-order valence-electron chi connectivity index (χ0n) is 16.4. The van der Waals surface area contributed by atoms with Gasteiger partial charge < -0.3 is 14.2 Å². The average molecular weight is 468 g/mol. The van der Waals surface area contributed by atoms with Crippen molar-refractivity contribution in [2.24, 2.45) is 0 Å². The minimum Gasteiger partial charge on any atom is -0.465 e. The number of methoxy groups -OCH3 is 1. The topological polar surface area (TPSA) is 82.1 Å². The van der Waals surface area contributed by atoms with E-state index in [1.807, 2.05) is 0 Å². The molecule has 0 spiro atoms. The molecule has 31 heavy (non-hydrogen) atoms. The van der Waals surface area contributed by atoms with Gasteiger partial charge >= 0.3 is 11.9 Å². The minimum atomic E-state index is -0.762. The van der Waals surface area contributed by atoms with Crippen LogP contribution in [0.3, 0.4) is 0 Å². The first-order valence-corrected chi connectivity index (χ1v) is 9.75. The molecular formula is C21H16Cl2FNO6. The van der Waals surface area contributed by atoms with Crippen LogP contribution in [-0.4, -0.2) is 43.0 Å². The molecule has 3 rings (SSSR count). The standard InChI is InChI=1S/C21H16Cl2FNO6/c1-3-30-17(26)10-25-18(14-9-12(24)5-6-13(14)21(28)29-2)19(20(25)27)31-16-7-4-11(22)8-15(16)23/h4-9H,3,10H2,1-2H3. The summed E-state index contributed by atoms with van der Waals surface area (Å²) in [7, 11) is 1.16. The van der Waals surface area contributed by atoms with Crippen LogP contribution in [0.2, 0.25) is 10.0 Å². The lowest BCUT2D eigenvalue weighted by Crippen LogP contribution is -2.46. The third kappa shape index (κ3) is 4.65. The summed E-state index contributed by atoms with van der Waals surface area (Å²) in [4.78, 5) is 38.0. The third-order valence-corrected chi connectivity index (χ3v) is 4.80.